The van der Waals surface area contributed by atoms with Crippen molar-refractivity contribution in [3.8, 4) is 6.07 Å². The standard InChI is InChI=1S/C9H6N2O2/c1-2-7-4-3-5-9(11(12)13)8(7)6-10/h2-5H,1H2. The van der Waals surface area contributed by atoms with Gasteiger partial charge in [0.2, 0.25) is 0 Å². The average molecular weight is 174 g/mol. The van der Waals surface area contributed by atoms with Crippen molar-refractivity contribution >= 4 is 11.8 Å². The molecule has 64 valence electrons. The van der Waals surface area contributed by atoms with Crippen LogP contribution < -0.4 is 0 Å². The van der Waals surface area contributed by atoms with E-state index in [2.05, 4.69) is 6.58 Å². The molecule has 0 N–H and O–H groups in total. The summed E-state index contributed by atoms with van der Waals surface area (Å²) < 4.78 is 0. The van der Waals surface area contributed by atoms with Crippen LogP contribution >= 0.6 is 0 Å². The number of nitrogens with zero attached hydrogens (tertiary/aromatic N) is 2. The van der Waals surface area contributed by atoms with Gasteiger partial charge in [0.05, 0.1) is 4.92 Å². The molecule has 4 heteroatoms. The normalized spacial score (nSPS) is 8.85. The van der Waals surface area contributed by atoms with Gasteiger partial charge in [-0.15, -0.1) is 0 Å². The van der Waals surface area contributed by atoms with Gasteiger partial charge in [-0.3, -0.25) is 10.1 Å². The Morgan fingerprint density at radius 3 is 2.77 bits per heavy atom. The zero-order valence-corrected chi connectivity index (χ0v) is 6.73. The van der Waals surface area contributed by atoms with E-state index >= 15 is 0 Å². The highest BCUT2D eigenvalue weighted by Crippen LogP contribution is 2.21. The number of hydrogen-bond acceptors (Lipinski definition) is 3. The third kappa shape index (κ3) is 1.54. The molecule has 4 nitrogen and oxygen atoms in total. The SMILES string of the molecule is C=Cc1cccc([N+](=O)[O-])c1C#N. The van der Waals surface area contributed by atoms with Crippen LogP contribution in [0.4, 0.5) is 5.69 Å². The minimum Gasteiger partial charge on any atom is -0.258 e. The van der Waals surface area contributed by atoms with Crippen LogP contribution in [0.2, 0.25) is 0 Å². The van der Waals surface area contributed by atoms with Gasteiger partial charge in [-0.1, -0.05) is 24.8 Å². The van der Waals surface area contributed by atoms with Crippen LogP contribution in [0.3, 0.4) is 0 Å². The number of nitriles is 1. The van der Waals surface area contributed by atoms with Crippen LogP contribution in [0.15, 0.2) is 24.8 Å². The van der Waals surface area contributed by atoms with Gasteiger partial charge in [0.15, 0.2) is 0 Å². The lowest BCUT2D eigenvalue weighted by atomic mass is 10.1. The molecule has 13 heavy (non-hydrogen) atoms. The van der Waals surface area contributed by atoms with Crippen LogP contribution in [-0.4, -0.2) is 4.92 Å². The molecule has 0 aromatic heterocycles. The maximum Gasteiger partial charge on any atom is 0.287 e. The second kappa shape index (κ2) is 3.50. The lowest BCUT2D eigenvalue weighted by Crippen LogP contribution is -1.93. The van der Waals surface area contributed by atoms with Gasteiger partial charge in [-0.2, -0.15) is 5.26 Å². The fourth-order valence-corrected chi connectivity index (χ4v) is 1.00. The van der Waals surface area contributed by atoms with Crippen molar-refractivity contribution in [2.75, 3.05) is 0 Å². The van der Waals surface area contributed by atoms with E-state index < -0.39 is 4.92 Å². The first kappa shape index (κ1) is 8.94. The van der Waals surface area contributed by atoms with E-state index in [4.69, 9.17) is 5.26 Å². The fraction of sp³-hybridized carbons (Fsp3) is 0. The molecule has 0 saturated carbocycles. The van der Waals surface area contributed by atoms with Crippen molar-refractivity contribution in [2.24, 2.45) is 0 Å². The van der Waals surface area contributed by atoms with Crippen LogP contribution in [0.25, 0.3) is 6.08 Å². The lowest BCUT2D eigenvalue weighted by Gasteiger charge is -1.97. The predicted molar refractivity (Wildman–Crippen MR) is 47.9 cm³/mol. The minimum atomic E-state index is -0.578. The van der Waals surface area contributed by atoms with Gasteiger partial charge in [-0.05, 0) is 5.56 Å². The van der Waals surface area contributed by atoms with E-state index in [1.807, 2.05) is 0 Å². The van der Waals surface area contributed by atoms with Gasteiger partial charge in [0.25, 0.3) is 5.69 Å². The molecule has 1 aromatic carbocycles. The highest BCUT2D eigenvalue weighted by molar-refractivity contribution is 5.64. The molecular formula is C9H6N2O2. The molecule has 0 saturated heterocycles. The molecule has 0 aliphatic heterocycles. The maximum atomic E-state index is 10.5. The molecule has 0 aliphatic carbocycles. The minimum absolute atomic E-state index is 0.0579. The van der Waals surface area contributed by atoms with E-state index in [0.717, 1.165) is 0 Å². The Hall–Kier alpha value is -2.15. The molecule has 0 bridgehead atoms. The van der Waals surface area contributed by atoms with E-state index in [0.29, 0.717) is 5.56 Å². The summed E-state index contributed by atoms with van der Waals surface area (Å²) in [5, 5.41) is 19.1. The molecule has 0 radical (unpaired) electrons. The monoisotopic (exact) mass is 174 g/mol. The molecule has 1 rings (SSSR count). The van der Waals surface area contributed by atoms with Crippen molar-refractivity contribution in [2.45, 2.75) is 0 Å². The molecule has 0 atom stereocenters. The maximum absolute atomic E-state index is 10.5. The van der Waals surface area contributed by atoms with Crippen molar-refractivity contribution < 1.29 is 4.92 Å². The summed E-state index contributed by atoms with van der Waals surface area (Å²) >= 11 is 0. The van der Waals surface area contributed by atoms with E-state index in [1.54, 1.807) is 12.1 Å². The Kier molecular flexibility index (Phi) is 2.41. The molecular weight excluding hydrogens is 168 g/mol. The smallest absolute Gasteiger partial charge is 0.258 e. The summed E-state index contributed by atoms with van der Waals surface area (Å²) in [5.41, 5.74) is 0.360. The van der Waals surface area contributed by atoms with Crippen molar-refractivity contribution in [3.05, 3.63) is 46.0 Å². The lowest BCUT2D eigenvalue weighted by molar-refractivity contribution is -0.385. The first-order chi connectivity index (χ1) is 6.20. The number of hydrogen-bond donors (Lipinski definition) is 0. The van der Waals surface area contributed by atoms with Gasteiger partial charge in [0.1, 0.15) is 11.6 Å². The highest BCUT2D eigenvalue weighted by Gasteiger charge is 2.14. The van der Waals surface area contributed by atoms with E-state index in [-0.39, 0.29) is 11.3 Å². The molecule has 0 aliphatic rings. The van der Waals surface area contributed by atoms with Crippen LogP contribution in [0.1, 0.15) is 11.1 Å². The third-order valence-corrected chi connectivity index (χ3v) is 1.60. The summed E-state index contributed by atoms with van der Waals surface area (Å²) in [6.07, 6.45) is 1.42. The first-order valence-electron chi connectivity index (χ1n) is 3.50. The van der Waals surface area contributed by atoms with Gasteiger partial charge >= 0.3 is 0 Å². The topological polar surface area (TPSA) is 66.9 Å². The predicted octanol–water partition coefficient (Wildman–Crippen LogP) is 2.11. The van der Waals surface area contributed by atoms with Crippen LogP contribution in [-0.2, 0) is 0 Å². The van der Waals surface area contributed by atoms with E-state index in [9.17, 15) is 10.1 Å². The summed E-state index contributed by atoms with van der Waals surface area (Å²) in [6, 6.07) is 6.21. The summed E-state index contributed by atoms with van der Waals surface area (Å²) in [5.74, 6) is 0. The van der Waals surface area contributed by atoms with Crippen LogP contribution in [0.5, 0.6) is 0 Å². The molecule has 0 spiro atoms. The quantitative estimate of drug-likeness (QED) is 0.509. The van der Waals surface area contributed by atoms with Crippen molar-refractivity contribution in [1.29, 1.82) is 5.26 Å². The molecule has 0 heterocycles. The Labute approximate surface area is 74.9 Å². The molecule has 1 aromatic rings. The van der Waals surface area contributed by atoms with Gasteiger partial charge in [0, 0.05) is 6.07 Å². The zero-order chi connectivity index (χ0) is 9.84. The molecule has 0 unspecified atom stereocenters. The number of nitro groups is 1. The second-order valence-corrected chi connectivity index (χ2v) is 2.31. The molecule has 0 amide bonds. The number of nitro benzene ring substituents is 1. The van der Waals surface area contributed by atoms with Crippen molar-refractivity contribution in [1.82, 2.24) is 0 Å². The Balaban J connectivity index is 3.46. The number of rotatable bonds is 2. The summed E-state index contributed by atoms with van der Waals surface area (Å²) in [4.78, 5) is 9.89. The van der Waals surface area contributed by atoms with Gasteiger partial charge < -0.3 is 0 Å². The Morgan fingerprint density at radius 2 is 2.31 bits per heavy atom. The first-order valence-corrected chi connectivity index (χ1v) is 3.50. The van der Waals surface area contributed by atoms with Crippen LogP contribution in [0, 0.1) is 21.4 Å². The molecule has 0 fully saturated rings. The van der Waals surface area contributed by atoms with Gasteiger partial charge in [-0.25, -0.2) is 0 Å². The zero-order valence-electron chi connectivity index (χ0n) is 6.73. The van der Waals surface area contributed by atoms with E-state index in [1.165, 1.54) is 18.2 Å². The summed E-state index contributed by atoms with van der Waals surface area (Å²) in [7, 11) is 0. The number of benzene rings is 1. The average Bonchev–Trinajstić information content (AvgIpc) is 2.16. The Bertz CT molecular complexity index is 405. The summed E-state index contributed by atoms with van der Waals surface area (Å²) in [6.45, 7) is 3.47. The second-order valence-electron chi connectivity index (χ2n) is 2.31. The third-order valence-electron chi connectivity index (χ3n) is 1.60. The Morgan fingerprint density at radius 1 is 1.62 bits per heavy atom. The highest BCUT2D eigenvalue weighted by atomic mass is 16.6. The van der Waals surface area contributed by atoms with Crippen molar-refractivity contribution in [3.63, 3.8) is 0 Å². The fourth-order valence-electron chi connectivity index (χ4n) is 1.00. The largest absolute Gasteiger partial charge is 0.287 e.